The monoisotopic (exact) mass is 453 g/mol. The van der Waals surface area contributed by atoms with Crippen molar-refractivity contribution in [3.63, 3.8) is 0 Å². The molecule has 1 fully saturated rings. The molecule has 0 aliphatic carbocycles. The Labute approximate surface area is 181 Å². The van der Waals surface area contributed by atoms with E-state index in [1.54, 1.807) is 36.3 Å². The van der Waals surface area contributed by atoms with E-state index in [1.165, 1.54) is 12.1 Å². The Bertz CT molecular complexity index is 1080. The van der Waals surface area contributed by atoms with Gasteiger partial charge in [0.05, 0.1) is 17.3 Å². The molecular weight excluding hydrogens is 435 g/mol. The van der Waals surface area contributed by atoms with Crippen LogP contribution in [0, 0.1) is 5.82 Å². The predicted molar refractivity (Wildman–Crippen MR) is 112 cm³/mol. The van der Waals surface area contributed by atoms with Crippen LogP contribution in [0.25, 0.3) is 11.1 Å². The summed E-state index contributed by atoms with van der Waals surface area (Å²) < 4.78 is 35.4. The van der Waals surface area contributed by atoms with E-state index >= 15 is 0 Å². The molecule has 1 saturated heterocycles. The van der Waals surface area contributed by atoms with Gasteiger partial charge in [0.2, 0.25) is 0 Å². The second-order valence-electron chi connectivity index (χ2n) is 7.07. The van der Waals surface area contributed by atoms with Gasteiger partial charge in [0.1, 0.15) is 18.1 Å². The fraction of sp³-hybridized carbons (Fsp3) is 0.300. The summed E-state index contributed by atoms with van der Waals surface area (Å²) in [6.07, 6.45) is 3.29. The van der Waals surface area contributed by atoms with Crippen LogP contribution >= 0.6 is 23.2 Å². The van der Waals surface area contributed by atoms with Crippen LogP contribution in [-0.4, -0.2) is 34.0 Å². The van der Waals surface area contributed by atoms with E-state index in [2.05, 4.69) is 15.4 Å². The number of hydrogen-bond donors (Lipinski definition) is 2. The lowest BCUT2D eigenvalue weighted by Gasteiger charge is -2.19. The summed E-state index contributed by atoms with van der Waals surface area (Å²) in [4.78, 5) is 4.18. The molecule has 0 amide bonds. The molecule has 0 spiro atoms. The summed E-state index contributed by atoms with van der Waals surface area (Å²) in [5.41, 5.74) is 7.71. The Hall–Kier alpha value is -2.42. The first-order valence-electron chi connectivity index (χ1n) is 9.30. The zero-order valence-corrected chi connectivity index (χ0v) is 17.5. The maximum absolute atomic E-state index is 14.0. The molecular formula is C20H19Cl2F2N5O. The molecule has 3 aromatic rings. The third-order valence-corrected chi connectivity index (χ3v) is 5.77. The van der Waals surface area contributed by atoms with Gasteiger partial charge in [0.25, 0.3) is 0 Å². The number of anilines is 1. The number of aromatic nitrogens is 3. The minimum atomic E-state index is -0.997. The molecule has 0 saturated carbocycles. The van der Waals surface area contributed by atoms with Crippen molar-refractivity contribution in [1.82, 2.24) is 20.1 Å². The van der Waals surface area contributed by atoms with Crippen molar-refractivity contribution in [3.05, 3.63) is 58.2 Å². The summed E-state index contributed by atoms with van der Waals surface area (Å²) in [7, 11) is 0. The van der Waals surface area contributed by atoms with E-state index in [1.807, 2.05) is 0 Å². The van der Waals surface area contributed by atoms with E-state index in [-0.39, 0.29) is 27.7 Å². The number of halogens is 4. The lowest BCUT2D eigenvalue weighted by atomic mass is 10.1. The van der Waals surface area contributed by atoms with Gasteiger partial charge in [-0.2, -0.15) is 5.10 Å². The molecule has 2 aromatic heterocycles. The van der Waals surface area contributed by atoms with Gasteiger partial charge in [0, 0.05) is 47.2 Å². The van der Waals surface area contributed by atoms with Gasteiger partial charge in [0.15, 0.2) is 11.6 Å². The van der Waals surface area contributed by atoms with Crippen molar-refractivity contribution < 1.29 is 13.5 Å². The number of nitrogens with zero attached hydrogens (tertiary/aromatic N) is 3. The second kappa shape index (κ2) is 8.37. The predicted octanol–water partition coefficient (Wildman–Crippen LogP) is 4.60. The molecule has 3 heterocycles. The highest BCUT2D eigenvalue weighted by atomic mass is 35.5. The molecule has 3 N–H and O–H groups in total. The zero-order valence-electron chi connectivity index (χ0n) is 15.9. The van der Waals surface area contributed by atoms with Gasteiger partial charge >= 0.3 is 0 Å². The molecule has 4 rings (SSSR count). The van der Waals surface area contributed by atoms with Crippen molar-refractivity contribution >= 4 is 29.0 Å². The van der Waals surface area contributed by atoms with Gasteiger partial charge in [-0.25, -0.2) is 13.8 Å². The number of rotatable bonds is 5. The van der Waals surface area contributed by atoms with Crippen molar-refractivity contribution in [2.24, 2.45) is 0 Å². The van der Waals surface area contributed by atoms with Crippen LogP contribution < -0.4 is 15.8 Å². The number of hydrogen-bond acceptors (Lipinski definition) is 5. The van der Waals surface area contributed by atoms with Gasteiger partial charge in [-0.1, -0.05) is 23.2 Å². The van der Waals surface area contributed by atoms with Crippen LogP contribution in [0.3, 0.4) is 0 Å². The van der Waals surface area contributed by atoms with Crippen LogP contribution in [0.1, 0.15) is 24.6 Å². The van der Waals surface area contributed by atoms with Gasteiger partial charge in [-0.3, -0.25) is 4.68 Å². The maximum Gasteiger partial charge on any atom is 0.166 e. The van der Waals surface area contributed by atoms with Gasteiger partial charge in [-0.05, 0) is 25.1 Å². The molecule has 0 unspecified atom stereocenters. The standard InChI is InChI=1S/C20H19Cl2F2N5O/c1-10(18-13(21)2-3-14(23)19(18)22)30-17-4-11(5-27-20(17)25)12-6-28-29(9-12)16-8-26-7-15(16)24/h2-6,9-10,15-16,26H,7-8H2,1H3,(H2,25,27)/t10-,15+,16-/m1/s1. The van der Waals surface area contributed by atoms with Crippen LogP contribution in [0.15, 0.2) is 36.8 Å². The Morgan fingerprint density at radius 2 is 2.07 bits per heavy atom. The van der Waals surface area contributed by atoms with Crippen molar-refractivity contribution in [1.29, 1.82) is 0 Å². The first kappa shape index (κ1) is 20.8. The smallest absolute Gasteiger partial charge is 0.166 e. The average Bonchev–Trinajstić information content (AvgIpc) is 3.35. The minimum absolute atomic E-state index is 0.107. The molecule has 158 valence electrons. The largest absolute Gasteiger partial charge is 0.482 e. The van der Waals surface area contributed by atoms with Crippen LogP contribution in [0.5, 0.6) is 5.75 Å². The van der Waals surface area contributed by atoms with E-state index in [4.69, 9.17) is 33.7 Å². The number of ether oxygens (including phenoxy) is 1. The highest BCUT2D eigenvalue weighted by Gasteiger charge is 2.29. The zero-order chi connectivity index (χ0) is 21.4. The Kier molecular flexibility index (Phi) is 5.81. The second-order valence-corrected chi connectivity index (χ2v) is 7.86. The Morgan fingerprint density at radius 3 is 2.80 bits per heavy atom. The topological polar surface area (TPSA) is 78.0 Å². The van der Waals surface area contributed by atoms with E-state index < -0.39 is 18.1 Å². The van der Waals surface area contributed by atoms with Crippen molar-refractivity contribution in [2.45, 2.75) is 25.2 Å². The first-order chi connectivity index (χ1) is 14.3. The summed E-state index contributed by atoms with van der Waals surface area (Å²) in [6.45, 7) is 2.51. The van der Waals surface area contributed by atoms with Crippen molar-refractivity contribution in [3.8, 4) is 16.9 Å². The van der Waals surface area contributed by atoms with E-state index in [0.29, 0.717) is 24.2 Å². The maximum atomic E-state index is 14.0. The van der Waals surface area contributed by atoms with E-state index in [9.17, 15) is 8.78 Å². The summed E-state index contributed by atoms with van der Waals surface area (Å²) >= 11 is 12.3. The number of nitrogens with one attached hydrogen (secondary N) is 1. The fourth-order valence-corrected chi connectivity index (χ4v) is 4.11. The molecule has 1 aliphatic rings. The number of pyridine rings is 1. The molecule has 1 aliphatic heterocycles. The number of nitrogen functional groups attached to an aromatic ring is 1. The lowest BCUT2D eigenvalue weighted by molar-refractivity contribution is 0.227. The van der Waals surface area contributed by atoms with Crippen LogP contribution in [-0.2, 0) is 0 Å². The third kappa shape index (κ3) is 3.95. The molecule has 3 atom stereocenters. The van der Waals surface area contributed by atoms with Gasteiger partial charge < -0.3 is 15.8 Å². The SMILES string of the molecule is C[C@@H](Oc1cc(-c2cnn([C@@H]3CNC[C@@H]3F)c2)cnc1N)c1c(Cl)ccc(F)c1Cl. The molecule has 0 bridgehead atoms. The van der Waals surface area contributed by atoms with Gasteiger partial charge in [-0.15, -0.1) is 0 Å². The normalized spacial score (nSPS) is 19.8. The van der Waals surface area contributed by atoms with Crippen molar-refractivity contribution in [2.75, 3.05) is 18.8 Å². The Balaban J connectivity index is 1.60. The van der Waals surface area contributed by atoms with Crippen LogP contribution in [0.4, 0.5) is 14.6 Å². The molecule has 30 heavy (non-hydrogen) atoms. The number of alkyl halides is 1. The highest BCUT2D eigenvalue weighted by molar-refractivity contribution is 6.36. The molecule has 1 aromatic carbocycles. The quantitative estimate of drug-likeness (QED) is 0.552. The first-order valence-corrected chi connectivity index (χ1v) is 10.1. The highest BCUT2D eigenvalue weighted by Crippen LogP contribution is 2.37. The van der Waals surface area contributed by atoms with Crippen LogP contribution in [0.2, 0.25) is 10.0 Å². The summed E-state index contributed by atoms with van der Waals surface area (Å²) in [5.74, 6) is -0.146. The number of nitrogens with two attached hydrogens (primary N) is 1. The lowest BCUT2D eigenvalue weighted by Crippen LogP contribution is -2.18. The average molecular weight is 454 g/mol. The minimum Gasteiger partial charge on any atom is -0.482 e. The van der Waals surface area contributed by atoms with E-state index in [0.717, 1.165) is 5.56 Å². The summed E-state index contributed by atoms with van der Waals surface area (Å²) in [5, 5.41) is 7.46. The Morgan fingerprint density at radius 1 is 1.27 bits per heavy atom. The molecule has 0 radical (unpaired) electrons. The fourth-order valence-electron chi connectivity index (χ4n) is 3.43. The number of benzene rings is 1. The molecule has 6 nitrogen and oxygen atoms in total. The molecule has 10 heteroatoms. The third-order valence-electron chi connectivity index (χ3n) is 5.06. The summed E-state index contributed by atoms with van der Waals surface area (Å²) in [6, 6.07) is 3.95.